The first kappa shape index (κ1) is 23.8. The number of rotatable bonds is 4. The summed E-state index contributed by atoms with van der Waals surface area (Å²) in [5, 5.41) is 0. The highest BCUT2D eigenvalue weighted by Gasteiger charge is 2.16. The van der Waals surface area contributed by atoms with Crippen LogP contribution in [0.4, 0.5) is 4.39 Å². The fourth-order valence-electron chi connectivity index (χ4n) is 4.02. The molecule has 3 aromatic carbocycles. The van der Waals surface area contributed by atoms with E-state index < -0.39 is 0 Å². The highest BCUT2D eigenvalue weighted by Crippen LogP contribution is 2.24. The van der Waals surface area contributed by atoms with E-state index in [4.69, 9.17) is 14.2 Å². The summed E-state index contributed by atoms with van der Waals surface area (Å²) < 4.78 is 30.6. The predicted molar refractivity (Wildman–Crippen MR) is 129 cm³/mol. The molecule has 178 valence electrons. The van der Waals surface area contributed by atoms with Gasteiger partial charge in [0.05, 0.1) is 26.2 Å². The minimum atomic E-state index is -0.364. The number of carbonyl (C=O) groups excluding carboxylic acids is 1. The number of benzene rings is 3. The van der Waals surface area contributed by atoms with Crippen molar-refractivity contribution in [2.24, 2.45) is 0 Å². The van der Waals surface area contributed by atoms with Gasteiger partial charge in [0.25, 0.3) is 0 Å². The van der Waals surface area contributed by atoms with E-state index in [1.165, 1.54) is 23.3 Å². The number of carbonyl (C=O) groups is 1. The Kier molecular flexibility index (Phi) is 8.15. The van der Waals surface area contributed by atoms with Crippen LogP contribution in [0.1, 0.15) is 28.7 Å². The van der Waals surface area contributed by atoms with Gasteiger partial charge >= 0.3 is 0 Å². The Bertz CT molecular complexity index is 1120. The lowest BCUT2D eigenvalue weighted by atomic mass is 10.00. The Balaban J connectivity index is 1.45. The van der Waals surface area contributed by atoms with Crippen LogP contribution < -0.4 is 9.47 Å². The van der Waals surface area contributed by atoms with Gasteiger partial charge in [0.15, 0.2) is 0 Å². The van der Waals surface area contributed by atoms with Gasteiger partial charge in [-0.05, 0) is 41.8 Å². The summed E-state index contributed by atoms with van der Waals surface area (Å²) in [5.41, 5.74) is 4.55. The largest absolute Gasteiger partial charge is 0.493 e. The molecule has 4 rings (SSSR count). The average Bonchev–Trinajstić information content (AvgIpc) is 2.81. The van der Waals surface area contributed by atoms with Crippen molar-refractivity contribution in [3.05, 3.63) is 94.8 Å². The van der Waals surface area contributed by atoms with Gasteiger partial charge < -0.3 is 19.1 Å². The molecule has 0 atom stereocenters. The highest BCUT2D eigenvalue weighted by molar-refractivity contribution is 5.76. The topological polar surface area (TPSA) is 48.0 Å². The van der Waals surface area contributed by atoms with Crippen molar-refractivity contribution in [3.8, 4) is 11.5 Å². The van der Waals surface area contributed by atoms with Crippen LogP contribution in [0.3, 0.4) is 0 Å². The number of fused-ring (bicyclic) bond motifs is 3. The number of ether oxygens (including phenoxy) is 3. The minimum absolute atomic E-state index is 0.0327. The molecule has 0 unspecified atom stereocenters. The van der Waals surface area contributed by atoms with Crippen molar-refractivity contribution in [1.82, 2.24) is 4.90 Å². The van der Waals surface area contributed by atoms with E-state index in [0.717, 1.165) is 23.3 Å². The van der Waals surface area contributed by atoms with Crippen LogP contribution in [0.25, 0.3) is 0 Å². The van der Waals surface area contributed by atoms with Gasteiger partial charge in [0.2, 0.25) is 5.91 Å². The van der Waals surface area contributed by atoms with Crippen molar-refractivity contribution in [3.63, 3.8) is 0 Å². The molecule has 2 bridgehead atoms. The number of amides is 1. The number of hydrogen-bond donors (Lipinski definition) is 0. The van der Waals surface area contributed by atoms with Crippen molar-refractivity contribution in [2.75, 3.05) is 33.0 Å². The lowest BCUT2D eigenvalue weighted by Gasteiger charge is -2.24. The third-order valence-electron chi connectivity index (χ3n) is 5.70. The molecule has 0 aliphatic carbocycles. The van der Waals surface area contributed by atoms with Gasteiger partial charge in [-0.1, -0.05) is 48.0 Å². The maximum Gasteiger partial charge on any atom is 0.226 e. The van der Waals surface area contributed by atoms with Gasteiger partial charge in [-0.2, -0.15) is 0 Å². The van der Waals surface area contributed by atoms with Crippen molar-refractivity contribution in [2.45, 2.75) is 26.3 Å². The zero-order chi connectivity index (χ0) is 23.8. The molecule has 1 amide bonds. The van der Waals surface area contributed by atoms with E-state index in [2.05, 4.69) is 31.2 Å². The summed E-state index contributed by atoms with van der Waals surface area (Å²) >= 11 is 0. The lowest BCUT2D eigenvalue weighted by molar-refractivity contribution is -0.133. The molecular weight excluding hydrogens is 433 g/mol. The van der Waals surface area contributed by atoms with Crippen LogP contribution in [0.15, 0.2) is 66.7 Å². The number of aryl methyl sites for hydroxylation is 1. The Morgan fingerprint density at radius 3 is 2.74 bits per heavy atom. The lowest BCUT2D eigenvalue weighted by Crippen LogP contribution is -2.34. The Morgan fingerprint density at radius 1 is 1.00 bits per heavy atom. The first-order chi connectivity index (χ1) is 16.6. The summed E-state index contributed by atoms with van der Waals surface area (Å²) in [6.45, 7) is 4.54. The smallest absolute Gasteiger partial charge is 0.226 e. The first-order valence-corrected chi connectivity index (χ1v) is 11.6. The first-order valence-electron chi connectivity index (χ1n) is 11.6. The van der Waals surface area contributed by atoms with Crippen LogP contribution in [-0.2, 0) is 22.5 Å². The van der Waals surface area contributed by atoms with Gasteiger partial charge in [-0.3, -0.25) is 4.79 Å². The van der Waals surface area contributed by atoms with Crippen LogP contribution in [-0.4, -0.2) is 43.8 Å². The normalized spacial score (nSPS) is 14.5. The molecule has 0 N–H and O–H groups in total. The third-order valence-corrected chi connectivity index (χ3v) is 5.70. The van der Waals surface area contributed by atoms with Crippen molar-refractivity contribution >= 4 is 5.91 Å². The fraction of sp³-hybridized carbons (Fsp3) is 0.321. The molecular formula is C28H30FNO4. The van der Waals surface area contributed by atoms with Crippen molar-refractivity contribution in [1.29, 1.82) is 0 Å². The molecule has 6 heteroatoms. The number of halogens is 1. The molecule has 0 saturated heterocycles. The molecule has 0 spiro atoms. The Hall–Kier alpha value is -3.38. The third kappa shape index (κ3) is 6.81. The van der Waals surface area contributed by atoms with E-state index >= 15 is 0 Å². The SMILES string of the molecule is Cc1ccc2c(c1)Cc1cccc(c1)CN(C(=O)CCOc1cccc(F)c1)CCOCCO2. The molecule has 5 nitrogen and oxygen atoms in total. The molecule has 0 radical (unpaired) electrons. The Labute approximate surface area is 200 Å². The summed E-state index contributed by atoms with van der Waals surface area (Å²) in [7, 11) is 0. The van der Waals surface area contributed by atoms with Gasteiger partial charge in [0, 0.05) is 25.6 Å². The summed E-state index contributed by atoms with van der Waals surface area (Å²) in [4.78, 5) is 14.8. The Morgan fingerprint density at radius 2 is 1.85 bits per heavy atom. The number of nitrogens with zero attached hydrogens (tertiary/aromatic N) is 1. The molecule has 0 fully saturated rings. The minimum Gasteiger partial charge on any atom is -0.493 e. The van der Waals surface area contributed by atoms with E-state index in [9.17, 15) is 9.18 Å². The van der Waals surface area contributed by atoms with Gasteiger partial charge in [-0.25, -0.2) is 4.39 Å². The monoisotopic (exact) mass is 463 g/mol. The van der Waals surface area contributed by atoms with Gasteiger partial charge in [-0.15, -0.1) is 0 Å². The quantitative estimate of drug-likeness (QED) is 0.550. The van der Waals surface area contributed by atoms with Crippen LogP contribution in [0, 0.1) is 12.7 Å². The summed E-state index contributed by atoms with van der Waals surface area (Å²) in [6, 6.07) is 20.5. The second-order valence-electron chi connectivity index (χ2n) is 8.44. The maximum atomic E-state index is 13.3. The second kappa shape index (κ2) is 11.7. The molecule has 1 heterocycles. The zero-order valence-electron chi connectivity index (χ0n) is 19.5. The maximum absolute atomic E-state index is 13.3. The number of hydrogen-bond acceptors (Lipinski definition) is 4. The highest BCUT2D eigenvalue weighted by atomic mass is 19.1. The van der Waals surface area contributed by atoms with Crippen LogP contribution >= 0.6 is 0 Å². The fourth-order valence-corrected chi connectivity index (χ4v) is 4.02. The zero-order valence-corrected chi connectivity index (χ0v) is 19.5. The van der Waals surface area contributed by atoms with Crippen molar-refractivity contribution < 1.29 is 23.4 Å². The molecule has 3 aromatic rings. The van der Waals surface area contributed by atoms with Crippen LogP contribution in [0.5, 0.6) is 11.5 Å². The standard InChI is InChI=1S/C28H30FNO4/c1-21-8-9-27-24(16-21)18-22-4-2-5-23(17-22)20-30(11-13-32-14-15-34-27)28(31)10-12-33-26-7-3-6-25(29)19-26/h2-9,16-17,19H,10-15,18,20H2,1H3. The summed E-state index contributed by atoms with van der Waals surface area (Å²) in [5.74, 6) is 0.902. The molecule has 0 saturated carbocycles. The summed E-state index contributed by atoms with van der Waals surface area (Å²) in [6.07, 6.45) is 0.951. The van der Waals surface area contributed by atoms with E-state index in [1.54, 1.807) is 17.0 Å². The van der Waals surface area contributed by atoms with Gasteiger partial charge in [0.1, 0.15) is 23.9 Å². The molecule has 0 aromatic heterocycles. The second-order valence-corrected chi connectivity index (χ2v) is 8.44. The van der Waals surface area contributed by atoms with E-state index in [1.807, 2.05) is 18.2 Å². The molecule has 34 heavy (non-hydrogen) atoms. The average molecular weight is 464 g/mol. The van der Waals surface area contributed by atoms with Crippen LogP contribution in [0.2, 0.25) is 0 Å². The molecule has 1 aliphatic rings. The van der Waals surface area contributed by atoms with E-state index in [-0.39, 0.29) is 24.8 Å². The van der Waals surface area contributed by atoms with E-state index in [0.29, 0.717) is 38.7 Å². The molecule has 1 aliphatic heterocycles. The predicted octanol–water partition coefficient (Wildman–Crippen LogP) is 4.93.